The van der Waals surface area contributed by atoms with E-state index < -0.39 is 46.5 Å². The highest BCUT2D eigenvalue weighted by atomic mass is 19.4. The zero-order chi connectivity index (χ0) is 24.2. The molecule has 1 aromatic rings. The monoisotopic (exact) mass is 460 g/mol. The lowest BCUT2D eigenvalue weighted by Gasteiger charge is -2.33. The summed E-state index contributed by atoms with van der Waals surface area (Å²) in [5.74, 6) is -2.44. The topological polar surface area (TPSA) is 78.9 Å². The Morgan fingerprint density at radius 3 is 2.19 bits per heavy atom. The van der Waals surface area contributed by atoms with Gasteiger partial charge in [0.2, 0.25) is 5.91 Å². The Labute approximate surface area is 183 Å². The number of fused-ring (bicyclic) bond motifs is 1. The molecule has 10 heteroatoms. The predicted molar refractivity (Wildman–Crippen MR) is 107 cm³/mol. The molecule has 1 aliphatic carbocycles. The molecule has 0 aromatic heterocycles. The Kier molecular flexibility index (Phi) is 5.99. The molecular weight excluding hydrogens is 432 g/mol. The molecule has 0 spiro atoms. The van der Waals surface area contributed by atoms with Crippen LogP contribution >= 0.6 is 0 Å². The average Bonchev–Trinajstić information content (AvgIpc) is 3.13. The number of piperidine rings is 1. The van der Waals surface area contributed by atoms with E-state index in [0.29, 0.717) is 19.2 Å². The number of carbonyl (C=O) groups is 2. The third-order valence-electron chi connectivity index (χ3n) is 5.91. The van der Waals surface area contributed by atoms with E-state index >= 15 is 0 Å². The highest BCUT2D eigenvalue weighted by molar-refractivity contribution is 5.84. The van der Waals surface area contributed by atoms with E-state index in [1.165, 1.54) is 13.8 Å². The van der Waals surface area contributed by atoms with Crippen LogP contribution in [0.1, 0.15) is 51.8 Å². The van der Waals surface area contributed by atoms with Crippen molar-refractivity contribution in [1.82, 2.24) is 10.2 Å². The smallest absolute Gasteiger partial charge is 0.419 e. The largest absolute Gasteiger partial charge is 0.444 e. The summed E-state index contributed by atoms with van der Waals surface area (Å²) in [6.07, 6.45) is -7.05. The van der Waals surface area contributed by atoms with Crippen molar-refractivity contribution in [3.05, 3.63) is 35.1 Å². The van der Waals surface area contributed by atoms with Crippen molar-refractivity contribution in [2.24, 2.45) is 17.8 Å². The molecule has 1 aliphatic heterocycles. The van der Waals surface area contributed by atoms with Gasteiger partial charge in [0.1, 0.15) is 17.5 Å². The molecular formula is C22H28F4N2O4. The van der Waals surface area contributed by atoms with Gasteiger partial charge in [0, 0.05) is 24.6 Å². The number of nitrogens with one attached hydrogen (secondary N) is 1. The van der Waals surface area contributed by atoms with E-state index in [9.17, 15) is 32.3 Å². The molecule has 2 fully saturated rings. The number of likely N-dealkylation sites (tertiary alicyclic amines) is 1. The minimum atomic E-state index is -4.90. The third-order valence-corrected chi connectivity index (χ3v) is 5.91. The molecule has 3 rings (SSSR count). The molecule has 1 aromatic carbocycles. The molecule has 32 heavy (non-hydrogen) atoms. The van der Waals surface area contributed by atoms with Gasteiger partial charge < -0.3 is 20.1 Å². The second-order valence-electron chi connectivity index (χ2n) is 10.1. The molecule has 4 atom stereocenters. The van der Waals surface area contributed by atoms with Crippen molar-refractivity contribution in [1.29, 1.82) is 0 Å². The minimum Gasteiger partial charge on any atom is -0.444 e. The van der Waals surface area contributed by atoms with Crippen LogP contribution in [0.15, 0.2) is 18.2 Å². The Morgan fingerprint density at radius 2 is 1.69 bits per heavy atom. The molecule has 1 saturated carbocycles. The molecule has 178 valence electrons. The number of amides is 2. The molecule has 6 nitrogen and oxygen atoms in total. The number of benzene rings is 1. The van der Waals surface area contributed by atoms with E-state index in [2.05, 4.69) is 5.32 Å². The number of alkyl halides is 3. The van der Waals surface area contributed by atoms with Crippen LogP contribution in [0.5, 0.6) is 0 Å². The number of hydrogen-bond acceptors (Lipinski definition) is 4. The van der Waals surface area contributed by atoms with Gasteiger partial charge in [-0.05, 0) is 52.5 Å². The zero-order valence-corrected chi connectivity index (χ0v) is 18.6. The van der Waals surface area contributed by atoms with Crippen LogP contribution in [0.4, 0.5) is 22.4 Å². The molecule has 2 N–H and O–H groups in total. The number of nitrogens with zero attached hydrogens (tertiary/aromatic N) is 1. The fourth-order valence-corrected chi connectivity index (χ4v) is 4.23. The summed E-state index contributed by atoms with van der Waals surface area (Å²) < 4.78 is 58.8. The number of rotatable bonds is 4. The fourth-order valence-electron chi connectivity index (χ4n) is 4.23. The van der Waals surface area contributed by atoms with Crippen molar-refractivity contribution >= 4 is 12.0 Å². The highest BCUT2D eigenvalue weighted by Crippen LogP contribution is 2.52. The Bertz CT molecular complexity index is 898. The van der Waals surface area contributed by atoms with E-state index in [1.54, 1.807) is 25.7 Å². The Balaban J connectivity index is 1.63. The van der Waals surface area contributed by atoms with Gasteiger partial charge in [-0.15, -0.1) is 0 Å². The lowest BCUT2D eigenvalue weighted by Crippen LogP contribution is -2.50. The summed E-state index contributed by atoms with van der Waals surface area (Å²) in [4.78, 5) is 26.5. The van der Waals surface area contributed by atoms with Crippen LogP contribution in [0.2, 0.25) is 0 Å². The van der Waals surface area contributed by atoms with Gasteiger partial charge in [-0.1, -0.05) is 12.1 Å². The van der Waals surface area contributed by atoms with Gasteiger partial charge >= 0.3 is 12.3 Å². The molecule has 0 bridgehead atoms. The lowest BCUT2D eigenvalue weighted by atomic mass is 9.89. The predicted octanol–water partition coefficient (Wildman–Crippen LogP) is 3.89. The fraction of sp³-hybridized carbons (Fsp3) is 0.636. The number of aliphatic hydroxyl groups excluding tert-OH is 1. The maximum atomic E-state index is 14.4. The van der Waals surface area contributed by atoms with Crippen LogP contribution in [-0.4, -0.2) is 46.2 Å². The summed E-state index contributed by atoms with van der Waals surface area (Å²) in [5.41, 5.74) is -4.07. The number of hydrogen-bond donors (Lipinski definition) is 2. The second kappa shape index (κ2) is 7.90. The number of ether oxygens (including phenoxy) is 1. The lowest BCUT2D eigenvalue weighted by molar-refractivity contribution is -0.140. The normalized spacial score (nSPS) is 24.1. The molecule has 1 saturated heterocycles. The van der Waals surface area contributed by atoms with Gasteiger partial charge in [0.05, 0.1) is 11.1 Å². The SMILES string of the molecule is CC(C)(C)OC(=O)N1C[C@@H]2C(C(=O)NC(C)(C)C(O)c3cccc(C(F)(F)F)c3F)[C@@H]2C1. The summed E-state index contributed by atoms with van der Waals surface area (Å²) in [7, 11) is 0. The van der Waals surface area contributed by atoms with Gasteiger partial charge in [0.15, 0.2) is 0 Å². The third kappa shape index (κ3) is 4.84. The summed E-state index contributed by atoms with van der Waals surface area (Å²) >= 11 is 0. The van der Waals surface area contributed by atoms with Gasteiger partial charge in [0.25, 0.3) is 0 Å². The van der Waals surface area contributed by atoms with Crippen molar-refractivity contribution in [3.63, 3.8) is 0 Å². The highest BCUT2D eigenvalue weighted by Gasteiger charge is 2.61. The van der Waals surface area contributed by atoms with Crippen molar-refractivity contribution < 1.29 is 37.0 Å². The molecule has 2 unspecified atom stereocenters. The Morgan fingerprint density at radius 1 is 1.12 bits per heavy atom. The maximum absolute atomic E-state index is 14.4. The average molecular weight is 460 g/mol. The van der Waals surface area contributed by atoms with E-state index in [1.807, 2.05) is 0 Å². The summed E-state index contributed by atoms with van der Waals surface area (Å²) in [6.45, 7) is 8.85. The molecule has 1 heterocycles. The van der Waals surface area contributed by atoms with Crippen molar-refractivity contribution in [3.8, 4) is 0 Å². The minimum absolute atomic E-state index is 0.0549. The first kappa shape index (κ1) is 24.3. The summed E-state index contributed by atoms with van der Waals surface area (Å²) in [6, 6.07) is 2.67. The zero-order valence-electron chi connectivity index (χ0n) is 18.6. The summed E-state index contributed by atoms with van der Waals surface area (Å²) in [5, 5.41) is 13.2. The van der Waals surface area contributed by atoms with E-state index in [0.717, 1.165) is 12.1 Å². The van der Waals surface area contributed by atoms with Crippen LogP contribution in [-0.2, 0) is 15.7 Å². The first-order chi connectivity index (χ1) is 14.5. The first-order valence-electron chi connectivity index (χ1n) is 10.4. The van der Waals surface area contributed by atoms with E-state index in [4.69, 9.17) is 4.74 Å². The second-order valence-corrected chi connectivity index (χ2v) is 10.1. The number of carbonyl (C=O) groups excluding carboxylic acids is 2. The first-order valence-corrected chi connectivity index (χ1v) is 10.4. The number of aliphatic hydroxyl groups is 1. The Hall–Kier alpha value is -2.36. The van der Waals surface area contributed by atoms with Crippen LogP contribution in [0.25, 0.3) is 0 Å². The van der Waals surface area contributed by atoms with Gasteiger partial charge in [-0.2, -0.15) is 13.2 Å². The standard InChI is InChI=1S/C22H28F4N2O4/c1-20(2,3)32-19(31)28-9-12-13(10-28)15(12)18(30)27-21(4,5)17(29)11-7-6-8-14(16(11)23)22(24,25)26/h6-8,12-13,15,17,29H,9-10H2,1-5H3,(H,27,30)/t12-,13+,15?,17?. The van der Waals surface area contributed by atoms with Crippen LogP contribution in [0.3, 0.4) is 0 Å². The van der Waals surface area contributed by atoms with Crippen molar-refractivity contribution in [2.75, 3.05) is 13.1 Å². The van der Waals surface area contributed by atoms with Crippen molar-refractivity contribution in [2.45, 2.75) is 58.0 Å². The number of halogens is 4. The maximum Gasteiger partial charge on any atom is 0.419 e. The van der Waals surface area contributed by atoms with Gasteiger partial charge in [-0.25, -0.2) is 9.18 Å². The van der Waals surface area contributed by atoms with Crippen LogP contribution < -0.4 is 5.32 Å². The van der Waals surface area contributed by atoms with Gasteiger partial charge in [-0.3, -0.25) is 4.79 Å². The van der Waals surface area contributed by atoms with E-state index in [-0.39, 0.29) is 23.7 Å². The van der Waals surface area contributed by atoms with Crippen LogP contribution in [0, 0.1) is 23.6 Å². The molecule has 2 amide bonds. The molecule has 0 radical (unpaired) electrons. The molecule has 2 aliphatic rings. The quantitative estimate of drug-likeness (QED) is 0.669.